The Balaban J connectivity index is 1.50. The summed E-state index contributed by atoms with van der Waals surface area (Å²) < 4.78 is 4.35. The van der Waals surface area contributed by atoms with Gasteiger partial charge in [0.05, 0.1) is 0 Å². The van der Waals surface area contributed by atoms with E-state index in [1.54, 1.807) is 6.20 Å². The van der Waals surface area contributed by atoms with Gasteiger partial charge in [0.25, 0.3) is 0 Å². The third-order valence-corrected chi connectivity index (χ3v) is 5.82. The van der Waals surface area contributed by atoms with E-state index in [9.17, 15) is 4.79 Å². The Bertz CT molecular complexity index is 727. The molecule has 0 saturated carbocycles. The summed E-state index contributed by atoms with van der Waals surface area (Å²) >= 11 is 1.45. The van der Waals surface area contributed by atoms with E-state index in [0.29, 0.717) is 25.6 Å². The van der Waals surface area contributed by atoms with Gasteiger partial charge in [-0.05, 0) is 17.5 Å². The van der Waals surface area contributed by atoms with Crippen molar-refractivity contribution >= 4 is 22.7 Å². The second kappa shape index (κ2) is 9.12. The van der Waals surface area contributed by atoms with E-state index in [4.69, 9.17) is 0 Å². The van der Waals surface area contributed by atoms with Crippen LogP contribution in [0.1, 0.15) is 38.1 Å². The molecule has 1 unspecified atom stereocenters. The Hall–Kier alpha value is -2.22. The fraction of sp³-hybridized carbons (Fsp3) is 0.579. The molecule has 1 N–H and O–H groups in total. The number of urea groups is 1. The van der Waals surface area contributed by atoms with Crippen LogP contribution in [0.25, 0.3) is 0 Å². The number of anilines is 1. The first-order chi connectivity index (χ1) is 13.1. The van der Waals surface area contributed by atoms with E-state index in [-0.39, 0.29) is 11.9 Å². The van der Waals surface area contributed by atoms with E-state index >= 15 is 0 Å². The van der Waals surface area contributed by atoms with Crippen molar-refractivity contribution in [3.63, 3.8) is 0 Å². The molecule has 2 aromatic heterocycles. The first-order valence-electron chi connectivity index (χ1n) is 9.58. The van der Waals surface area contributed by atoms with Gasteiger partial charge in [-0.2, -0.15) is 4.37 Å². The van der Waals surface area contributed by atoms with E-state index in [2.05, 4.69) is 51.4 Å². The normalized spacial score (nSPS) is 15.9. The fourth-order valence-corrected chi connectivity index (χ4v) is 4.06. The van der Waals surface area contributed by atoms with Crippen molar-refractivity contribution < 1.29 is 4.79 Å². The number of aryl methyl sites for hydroxylation is 1. The van der Waals surface area contributed by atoms with Gasteiger partial charge in [-0.1, -0.05) is 26.8 Å². The molecule has 0 aliphatic carbocycles. The lowest BCUT2D eigenvalue weighted by atomic mass is 9.89. The highest BCUT2D eigenvalue weighted by Crippen LogP contribution is 2.23. The second-order valence-corrected chi connectivity index (χ2v) is 7.87. The van der Waals surface area contributed by atoms with Gasteiger partial charge in [0.2, 0.25) is 5.13 Å². The molecule has 7 nitrogen and oxygen atoms in total. The summed E-state index contributed by atoms with van der Waals surface area (Å²) in [7, 11) is 0. The molecule has 1 fully saturated rings. The lowest BCUT2D eigenvalue weighted by Gasteiger charge is -2.34. The van der Waals surface area contributed by atoms with Gasteiger partial charge in [0.1, 0.15) is 5.82 Å². The monoisotopic (exact) mass is 388 g/mol. The average Bonchev–Trinajstić information content (AvgIpc) is 3.18. The molecule has 1 atom stereocenters. The topological polar surface area (TPSA) is 74.2 Å². The van der Waals surface area contributed by atoms with E-state index in [0.717, 1.165) is 30.5 Å². The van der Waals surface area contributed by atoms with Gasteiger partial charge < -0.3 is 15.1 Å². The Kier molecular flexibility index (Phi) is 6.60. The van der Waals surface area contributed by atoms with Crippen molar-refractivity contribution in [2.24, 2.45) is 5.92 Å². The van der Waals surface area contributed by atoms with Crippen LogP contribution in [-0.2, 0) is 6.42 Å². The number of rotatable bonds is 6. The van der Waals surface area contributed by atoms with Gasteiger partial charge in [0, 0.05) is 69.0 Å². The number of amides is 2. The quantitative estimate of drug-likeness (QED) is 0.824. The highest BCUT2D eigenvalue weighted by atomic mass is 32.1. The molecule has 0 aromatic carbocycles. The first kappa shape index (κ1) is 19.5. The van der Waals surface area contributed by atoms with Crippen LogP contribution < -0.4 is 10.2 Å². The summed E-state index contributed by atoms with van der Waals surface area (Å²) in [5, 5.41) is 4.08. The van der Waals surface area contributed by atoms with Gasteiger partial charge in [-0.15, -0.1) is 0 Å². The number of carbonyl (C=O) groups excluding carboxylic acids is 1. The van der Waals surface area contributed by atoms with Crippen molar-refractivity contribution in [1.82, 2.24) is 24.6 Å². The standard InChI is InChI=1S/C19H28N6OS/c1-4-17-22-19(27-23-17)25-10-8-24(9-11-25)18(26)21-13-16(14(2)3)15-6-5-7-20-12-15/h5-7,12,14,16H,4,8-11,13H2,1-3H3,(H,21,26). The van der Waals surface area contributed by atoms with Gasteiger partial charge >= 0.3 is 6.03 Å². The largest absolute Gasteiger partial charge is 0.343 e. The van der Waals surface area contributed by atoms with Crippen LogP contribution in [0.5, 0.6) is 0 Å². The summed E-state index contributed by atoms with van der Waals surface area (Å²) in [6.45, 7) is 10.0. The second-order valence-electron chi connectivity index (χ2n) is 7.14. The number of nitrogens with zero attached hydrogens (tertiary/aromatic N) is 5. The van der Waals surface area contributed by atoms with Gasteiger partial charge in [-0.3, -0.25) is 4.98 Å². The summed E-state index contributed by atoms with van der Waals surface area (Å²) in [5.41, 5.74) is 1.17. The predicted molar refractivity (Wildman–Crippen MR) is 108 cm³/mol. The van der Waals surface area contributed by atoms with Crippen LogP contribution in [0.3, 0.4) is 0 Å². The zero-order valence-electron chi connectivity index (χ0n) is 16.3. The van der Waals surface area contributed by atoms with E-state index in [1.807, 2.05) is 17.2 Å². The molecule has 2 aromatic rings. The molecule has 146 valence electrons. The summed E-state index contributed by atoms with van der Waals surface area (Å²) in [4.78, 5) is 25.5. The van der Waals surface area contributed by atoms with E-state index < -0.39 is 0 Å². The SMILES string of the molecule is CCc1nsc(N2CCN(C(=O)NCC(c3cccnc3)C(C)C)CC2)n1. The fourth-order valence-electron chi connectivity index (χ4n) is 3.26. The van der Waals surface area contributed by atoms with Crippen molar-refractivity contribution in [2.45, 2.75) is 33.1 Å². The average molecular weight is 389 g/mol. The molecule has 3 rings (SSSR count). The zero-order valence-corrected chi connectivity index (χ0v) is 17.1. The van der Waals surface area contributed by atoms with Crippen LogP contribution >= 0.6 is 11.5 Å². The Morgan fingerprint density at radius 1 is 1.30 bits per heavy atom. The number of hydrogen-bond acceptors (Lipinski definition) is 6. The van der Waals surface area contributed by atoms with Crippen LogP contribution in [0.2, 0.25) is 0 Å². The lowest BCUT2D eigenvalue weighted by molar-refractivity contribution is 0.193. The molecule has 1 aliphatic rings. The molecule has 1 saturated heterocycles. The number of piperazine rings is 1. The molecule has 0 bridgehead atoms. The Morgan fingerprint density at radius 3 is 2.67 bits per heavy atom. The molecular weight excluding hydrogens is 360 g/mol. The third kappa shape index (κ3) is 4.94. The van der Waals surface area contributed by atoms with Crippen molar-refractivity contribution in [3.8, 4) is 0 Å². The van der Waals surface area contributed by atoms with Crippen LogP contribution in [0.15, 0.2) is 24.5 Å². The number of hydrogen-bond donors (Lipinski definition) is 1. The minimum Gasteiger partial charge on any atom is -0.343 e. The lowest BCUT2D eigenvalue weighted by Crippen LogP contribution is -2.52. The van der Waals surface area contributed by atoms with E-state index in [1.165, 1.54) is 17.1 Å². The molecule has 3 heterocycles. The Morgan fingerprint density at radius 2 is 2.07 bits per heavy atom. The van der Waals surface area contributed by atoms with Crippen LogP contribution in [-0.4, -0.2) is 58.0 Å². The molecule has 0 spiro atoms. The predicted octanol–water partition coefficient (Wildman–Crippen LogP) is 2.77. The highest BCUT2D eigenvalue weighted by Gasteiger charge is 2.24. The number of aromatic nitrogens is 3. The van der Waals surface area contributed by atoms with Gasteiger partial charge in [0.15, 0.2) is 0 Å². The van der Waals surface area contributed by atoms with Gasteiger partial charge in [-0.25, -0.2) is 9.78 Å². The molecule has 27 heavy (non-hydrogen) atoms. The Labute approximate surface area is 165 Å². The summed E-state index contributed by atoms with van der Waals surface area (Å²) in [6.07, 6.45) is 4.52. The molecular formula is C19H28N6OS. The van der Waals surface area contributed by atoms with Crippen LogP contribution in [0, 0.1) is 5.92 Å². The number of carbonyl (C=O) groups is 1. The molecule has 0 radical (unpaired) electrons. The first-order valence-corrected chi connectivity index (χ1v) is 10.4. The molecule has 8 heteroatoms. The maximum Gasteiger partial charge on any atom is 0.317 e. The summed E-state index contributed by atoms with van der Waals surface area (Å²) in [5.74, 6) is 1.58. The third-order valence-electron chi connectivity index (χ3n) is 5.00. The number of nitrogens with one attached hydrogen (secondary N) is 1. The van der Waals surface area contributed by atoms with Crippen molar-refractivity contribution in [1.29, 1.82) is 0 Å². The highest BCUT2D eigenvalue weighted by molar-refractivity contribution is 7.09. The minimum atomic E-state index is 0.00991. The summed E-state index contributed by atoms with van der Waals surface area (Å²) in [6, 6.07) is 4.04. The minimum absolute atomic E-state index is 0.00991. The van der Waals surface area contributed by atoms with Crippen LogP contribution in [0.4, 0.5) is 9.93 Å². The molecule has 1 aliphatic heterocycles. The molecule has 2 amide bonds. The smallest absolute Gasteiger partial charge is 0.317 e. The van der Waals surface area contributed by atoms with Crippen molar-refractivity contribution in [3.05, 3.63) is 35.9 Å². The zero-order chi connectivity index (χ0) is 19.2. The number of pyridine rings is 1. The maximum absolute atomic E-state index is 12.6. The van der Waals surface area contributed by atoms with Crippen molar-refractivity contribution in [2.75, 3.05) is 37.6 Å². The maximum atomic E-state index is 12.6.